The molecule has 0 saturated carbocycles. The molecule has 0 atom stereocenters. The monoisotopic (exact) mass is 255 g/mol. The van der Waals surface area contributed by atoms with Crippen LogP contribution < -0.4 is 0 Å². The Balaban J connectivity index is 2.80. The maximum Gasteiger partial charge on any atom is 0.161 e. The molecule has 0 unspecified atom stereocenters. The average Bonchev–Trinajstić information content (AvgIpc) is 2.47. The lowest BCUT2D eigenvalue weighted by Gasteiger charge is -2.18. The number of fused-ring (bicyclic) bond motifs is 1. The van der Waals surface area contributed by atoms with Gasteiger partial charge in [0.25, 0.3) is 0 Å². The first-order chi connectivity index (χ1) is 6.48. The van der Waals surface area contributed by atoms with Gasteiger partial charge >= 0.3 is 0 Å². The zero-order valence-electron chi connectivity index (χ0n) is 7.90. The molecule has 2 heterocycles. The fraction of sp³-hybridized carbons (Fsp3) is 0.333. The fourth-order valence-corrected chi connectivity index (χ4v) is 1.77. The number of aromatic nitrogens is 3. The predicted octanol–water partition coefficient (Wildman–Crippen LogP) is 1.72. The summed E-state index contributed by atoms with van der Waals surface area (Å²) in [7, 11) is 0. The highest BCUT2D eigenvalue weighted by Gasteiger charge is 2.21. The number of hydrogen-bond donors (Lipinski definition) is 1. The average molecular weight is 256 g/mol. The topological polar surface area (TPSA) is 50.4 Å². The molecule has 0 bridgehead atoms. The van der Waals surface area contributed by atoms with Crippen LogP contribution in [0.15, 0.2) is 23.1 Å². The summed E-state index contributed by atoms with van der Waals surface area (Å²) in [6.07, 6.45) is 3.27. The molecular weight excluding hydrogens is 246 g/mol. The molecule has 1 N–H and O–H groups in total. The molecule has 14 heavy (non-hydrogen) atoms. The van der Waals surface area contributed by atoms with Gasteiger partial charge in [-0.05, 0) is 35.8 Å². The highest BCUT2D eigenvalue weighted by atomic mass is 79.9. The van der Waals surface area contributed by atoms with Gasteiger partial charge in [0.15, 0.2) is 5.65 Å². The number of halogens is 1. The van der Waals surface area contributed by atoms with E-state index in [4.69, 9.17) is 0 Å². The molecule has 74 valence electrons. The van der Waals surface area contributed by atoms with Crippen molar-refractivity contribution in [1.82, 2.24) is 14.6 Å². The summed E-state index contributed by atoms with van der Waals surface area (Å²) in [5, 5.41) is 13.9. The van der Waals surface area contributed by atoms with Crippen LogP contribution in [0.4, 0.5) is 0 Å². The Morgan fingerprint density at radius 3 is 2.86 bits per heavy atom. The molecule has 2 aromatic heterocycles. The van der Waals surface area contributed by atoms with E-state index >= 15 is 0 Å². The minimum absolute atomic E-state index is 0.681. The predicted molar refractivity (Wildman–Crippen MR) is 55.9 cm³/mol. The molecule has 0 amide bonds. The highest BCUT2D eigenvalue weighted by Crippen LogP contribution is 2.26. The third-order valence-electron chi connectivity index (χ3n) is 2.00. The molecule has 0 aliphatic carbocycles. The van der Waals surface area contributed by atoms with Crippen molar-refractivity contribution < 1.29 is 5.11 Å². The second-order valence-corrected chi connectivity index (χ2v) is 4.57. The summed E-state index contributed by atoms with van der Waals surface area (Å²) >= 11 is 3.36. The normalized spacial score (nSPS) is 12.3. The lowest BCUT2D eigenvalue weighted by molar-refractivity contribution is 0.0795. The first-order valence-corrected chi connectivity index (χ1v) is 4.99. The molecule has 0 aliphatic heterocycles. The first kappa shape index (κ1) is 9.61. The number of rotatable bonds is 1. The zero-order chi connectivity index (χ0) is 10.3. The van der Waals surface area contributed by atoms with E-state index in [0.717, 1.165) is 10.0 Å². The summed E-state index contributed by atoms with van der Waals surface area (Å²) in [6, 6.07) is 1.85. The van der Waals surface area contributed by atoms with E-state index in [0.29, 0.717) is 5.65 Å². The van der Waals surface area contributed by atoms with Crippen LogP contribution in [0.3, 0.4) is 0 Å². The van der Waals surface area contributed by atoms with Gasteiger partial charge in [0, 0.05) is 16.2 Å². The Bertz CT molecular complexity index is 472. The van der Waals surface area contributed by atoms with E-state index in [1.54, 1.807) is 24.6 Å². The van der Waals surface area contributed by atoms with Crippen LogP contribution in [0, 0.1) is 0 Å². The summed E-state index contributed by atoms with van der Waals surface area (Å²) < 4.78 is 2.50. The quantitative estimate of drug-likeness (QED) is 0.845. The molecule has 0 radical (unpaired) electrons. The molecule has 0 fully saturated rings. The van der Waals surface area contributed by atoms with Gasteiger partial charge in [0.2, 0.25) is 0 Å². The van der Waals surface area contributed by atoms with Crippen molar-refractivity contribution in [2.24, 2.45) is 0 Å². The summed E-state index contributed by atoms with van der Waals surface area (Å²) in [5.41, 5.74) is 0.517. The Morgan fingerprint density at radius 2 is 2.21 bits per heavy atom. The van der Waals surface area contributed by atoms with Gasteiger partial charge in [-0.15, -0.1) is 0 Å². The van der Waals surface area contributed by atoms with Crippen molar-refractivity contribution in [1.29, 1.82) is 0 Å². The molecule has 0 spiro atoms. The maximum absolute atomic E-state index is 9.93. The van der Waals surface area contributed by atoms with E-state index in [1.807, 2.05) is 6.07 Å². The Morgan fingerprint density at radius 1 is 1.50 bits per heavy atom. The van der Waals surface area contributed by atoms with Crippen molar-refractivity contribution in [2.75, 3.05) is 0 Å². The minimum atomic E-state index is -0.919. The van der Waals surface area contributed by atoms with E-state index in [1.165, 1.54) is 6.33 Å². The van der Waals surface area contributed by atoms with Crippen LogP contribution in [0.2, 0.25) is 0 Å². The Hall–Kier alpha value is -0.940. The van der Waals surface area contributed by atoms with E-state index in [9.17, 15) is 5.11 Å². The Kier molecular flexibility index (Phi) is 2.08. The van der Waals surface area contributed by atoms with E-state index in [2.05, 4.69) is 26.0 Å². The SMILES string of the molecule is CC(C)(O)c1cc(Br)cn2ncnc12. The minimum Gasteiger partial charge on any atom is -0.386 e. The number of hydrogen-bond acceptors (Lipinski definition) is 3. The molecule has 5 heteroatoms. The third-order valence-corrected chi connectivity index (χ3v) is 2.43. The van der Waals surface area contributed by atoms with Crippen molar-refractivity contribution in [3.63, 3.8) is 0 Å². The summed E-state index contributed by atoms with van der Waals surface area (Å²) in [5.74, 6) is 0. The first-order valence-electron chi connectivity index (χ1n) is 4.20. The third kappa shape index (κ3) is 1.53. The molecule has 2 aromatic rings. The molecule has 0 saturated heterocycles. The van der Waals surface area contributed by atoms with Crippen LogP contribution in [0.25, 0.3) is 5.65 Å². The van der Waals surface area contributed by atoms with Crippen LogP contribution in [-0.2, 0) is 5.60 Å². The van der Waals surface area contributed by atoms with Crippen LogP contribution >= 0.6 is 15.9 Å². The van der Waals surface area contributed by atoms with E-state index in [-0.39, 0.29) is 0 Å². The van der Waals surface area contributed by atoms with Crippen molar-refractivity contribution in [3.05, 3.63) is 28.6 Å². The second kappa shape index (κ2) is 3.03. The molecule has 2 rings (SSSR count). The van der Waals surface area contributed by atoms with Gasteiger partial charge in [0.1, 0.15) is 6.33 Å². The highest BCUT2D eigenvalue weighted by molar-refractivity contribution is 9.10. The largest absolute Gasteiger partial charge is 0.386 e. The lowest BCUT2D eigenvalue weighted by atomic mass is 10.00. The second-order valence-electron chi connectivity index (χ2n) is 3.66. The van der Waals surface area contributed by atoms with Crippen LogP contribution in [0.5, 0.6) is 0 Å². The van der Waals surface area contributed by atoms with Gasteiger partial charge in [-0.1, -0.05) is 0 Å². The fourth-order valence-electron chi connectivity index (χ4n) is 1.34. The van der Waals surface area contributed by atoms with Crippen molar-refractivity contribution in [3.8, 4) is 0 Å². The maximum atomic E-state index is 9.93. The number of nitrogens with zero attached hydrogens (tertiary/aromatic N) is 3. The zero-order valence-corrected chi connectivity index (χ0v) is 9.48. The smallest absolute Gasteiger partial charge is 0.161 e. The number of aliphatic hydroxyl groups is 1. The van der Waals surface area contributed by atoms with E-state index < -0.39 is 5.60 Å². The van der Waals surface area contributed by atoms with Gasteiger partial charge in [-0.25, -0.2) is 9.50 Å². The summed E-state index contributed by atoms with van der Waals surface area (Å²) in [6.45, 7) is 3.45. The van der Waals surface area contributed by atoms with Gasteiger partial charge < -0.3 is 5.11 Å². The lowest BCUT2D eigenvalue weighted by Crippen LogP contribution is -2.17. The summed E-state index contributed by atoms with van der Waals surface area (Å²) in [4.78, 5) is 4.10. The molecule has 0 aromatic carbocycles. The van der Waals surface area contributed by atoms with Crippen molar-refractivity contribution in [2.45, 2.75) is 19.4 Å². The van der Waals surface area contributed by atoms with Crippen molar-refractivity contribution >= 4 is 21.6 Å². The molecule has 0 aliphatic rings. The molecular formula is C9H10BrN3O. The van der Waals surface area contributed by atoms with Crippen LogP contribution in [0.1, 0.15) is 19.4 Å². The Labute approximate surface area is 89.7 Å². The standard InChI is InChI=1S/C9H10BrN3O/c1-9(2,14)7-3-6(10)4-13-8(7)11-5-12-13/h3-5,14H,1-2H3. The number of pyridine rings is 1. The van der Waals surface area contributed by atoms with Gasteiger partial charge in [-0.3, -0.25) is 0 Å². The van der Waals surface area contributed by atoms with Gasteiger partial charge in [-0.2, -0.15) is 5.10 Å². The molecule has 4 nitrogen and oxygen atoms in total. The van der Waals surface area contributed by atoms with Crippen LogP contribution in [-0.4, -0.2) is 19.7 Å². The van der Waals surface area contributed by atoms with Gasteiger partial charge in [0.05, 0.1) is 5.60 Å².